The molecule has 21 heavy (non-hydrogen) atoms. The second-order valence-electron chi connectivity index (χ2n) is 6.27. The Morgan fingerprint density at radius 2 is 2.05 bits per heavy atom. The molecule has 116 valence electrons. The molecule has 1 aromatic carbocycles. The zero-order chi connectivity index (χ0) is 15.4. The molecule has 2 rings (SSSR count). The maximum Gasteiger partial charge on any atom is 0.231 e. The second kappa shape index (κ2) is 7.05. The van der Waals surface area contributed by atoms with Gasteiger partial charge >= 0.3 is 0 Å². The van der Waals surface area contributed by atoms with Gasteiger partial charge in [0.05, 0.1) is 6.54 Å². The number of nitrogens with zero attached hydrogens (tertiary/aromatic N) is 1. The zero-order valence-electron chi connectivity index (χ0n) is 13.4. The Labute approximate surface area is 127 Å². The fourth-order valence-corrected chi connectivity index (χ4v) is 3.15. The predicted octanol–water partition coefficient (Wildman–Crippen LogP) is 1.90. The number of hydrogen-bond acceptors (Lipinski definition) is 3. The Kier molecular flexibility index (Phi) is 5.37. The molecular formula is C17H27N3O. The van der Waals surface area contributed by atoms with Crippen LogP contribution in [0.3, 0.4) is 0 Å². The summed E-state index contributed by atoms with van der Waals surface area (Å²) in [5.41, 5.74) is 9.28. The topological polar surface area (TPSA) is 58.4 Å². The van der Waals surface area contributed by atoms with E-state index in [2.05, 4.69) is 49.2 Å². The van der Waals surface area contributed by atoms with E-state index in [1.165, 1.54) is 16.7 Å². The van der Waals surface area contributed by atoms with Crippen LogP contribution in [0.5, 0.6) is 0 Å². The number of carbonyl (C=O) groups excluding carboxylic acids is 1. The number of nitrogens with one attached hydrogen (secondary N) is 1. The summed E-state index contributed by atoms with van der Waals surface area (Å²) in [7, 11) is 0. The van der Waals surface area contributed by atoms with Gasteiger partial charge in [0.1, 0.15) is 0 Å². The molecule has 0 aromatic heterocycles. The van der Waals surface area contributed by atoms with Crippen LogP contribution in [0.25, 0.3) is 0 Å². The van der Waals surface area contributed by atoms with E-state index >= 15 is 0 Å². The highest BCUT2D eigenvalue weighted by atomic mass is 16.1. The van der Waals surface area contributed by atoms with Crippen molar-refractivity contribution in [3.8, 4) is 0 Å². The maximum absolute atomic E-state index is 10.9. The van der Waals surface area contributed by atoms with Gasteiger partial charge in [0.25, 0.3) is 0 Å². The molecule has 4 heteroatoms. The first-order valence-electron chi connectivity index (χ1n) is 7.79. The number of hydrogen-bond donors (Lipinski definition) is 2. The van der Waals surface area contributed by atoms with Crippen LogP contribution in [-0.2, 0) is 4.79 Å². The molecular weight excluding hydrogens is 262 g/mol. The number of benzene rings is 1. The van der Waals surface area contributed by atoms with Gasteiger partial charge in [-0.05, 0) is 44.7 Å². The summed E-state index contributed by atoms with van der Waals surface area (Å²) in [6.07, 6.45) is 2.14. The number of likely N-dealkylation sites (tertiary alicyclic amines) is 1. The van der Waals surface area contributed by atoms with E-state index in [9.17, 15) is 4.79 Å². The fraction of sp³-hybridized carbons (Fsp3) is 0.588. The van der Waals surface area contributed by atoms with Crippen molar-refractivity contribution in [2.75, 3.05) is 19.6 Å². The second-order valence-corrected chi connectivity index (χ2v) is 6.27. The first kappa shape index (κ1) is 16.0. The molecule has 1 unspecified atom stereocenters. The highest BCUT2D eigenvalue weighted by molar-refractivity contribution is 5.75. The van der Waals surface area contributed by atoms with Gasteiger partial charge in [-0.1, -0.05) is 23.8 Å². The van der Waals surface area contributed by atoms with Crippen molar-refractivity contribution in [1.82, 2.24) is 10.2 Å². The van der Waals surface area contributed by atoms with E-state index in [1.54, 1.807) is 0 Å². The molecule has 1 fully saturated rings. The van der Waals surface area contributed by atoms with Crippen LogP contribution in [0, 0.1) is 13.8 Å². The first-order valence-corrected chi connectivity index (χ1v) is 7.79. The van der Waals surface area contributed by atoms with Crippen LogP contribution in [0.4, 0.5) is 0 Å². The van der Waals surface area contributed by atoms with Crippen molar-refractivity contribution >= 4 is 5.91 Å². The number of carbonyl (C=O) groups is 1. The van der Waals surface area contributed by atoms with Gasteiger partial charge in [-0.15, -0.1) is 0 Å². The summed E-state index contributed by atoms with van der Waals surface area (Å²) in [6.45, 7) is 8.82. The van der Waals surface area contributed by atoms with E-state index in [0.29, 0.717) is 18.6 Å². The standard InChI is InChI=1S/C17H27N3O/c1-12-4-5-13(2)16(10-12)14(3)19-15-6-8-20(9-7-15)11-17(18)21/h4-5,10,14-15,19H,6-9,11H2,1-3H3,(H2,18,21). The van der Waals surface area contributed by atoms with Crippen molar-refractivity contribution < 1.29 is 4.79 Å². The zero-order valence-corrected chi connectivity index (χ0v) is 13.4. The van der Waals surface area contributed by atoms with E-state index in [-0.39, 0.29) is 5.91 Å². The first-order chi connectivity index (χ1) is 9.95. The van der Waals surface area contributed by atoms with Crippen molar-refractivity contribution in [3.05, 3.63) is 34.9 Å². The lowest BCUT2D eigenvalue weighted by Crippen LogP contribution is -2.45. The number of rotatable bonds is 5. The van der Waals surface area contributed by atoms with Gasteiger partial charge in [-0.3, -0.25) is 9.69 Å². The molecule has 4 nitrogen and oxygen atoms in total. The highest BCUT2D eigenvalue weighted by Gasteiger charge is 2.22. The molecule has 0 bridgehead atoms. The van der Waals surface area contributed by atoms with Gasteiger partial charge in [0.15, 0.2) is 0 Å². The molecule has 1 aliphatic rings. The summed E-state index contributed by atoms with van der Waals surface area (Å²) < 4.78 is 0. The van der Waals surface area contributed by atoms with Gasteiger partial charge in [-0.25, -0.2) is 0 Å². The lowest BCUT2D eigenvalue weighted by atomic mass is 9.97. The van der Waals surface area contributed by atoms with Crippen LogP contribution in [0.1, 0.15) is 42.5 Å². The molecule has 1 aromatic rings. The lowest BCUT2D eigenvalue weighted by molar-refractivity contribution is -0.119. The van der Waals surface area contributed by atoms with Crippen LogP contribution in [-0.4, -0.2) is 36.5 Å². The molecule has 1 amide bonds. The molecule has 0 radical (unpaired) electrons. The van der Waals surface area contributed by atoms with Crippen molar-refractivity contribution in [3.63, 3.8) is 0 Å². The summed E-state index contributed by atoms with van der Waals surface area (Å²) in [5, 5.41) is 3.73. The van der Waals surface area contributed by atoms with E-state index in [0.717, 1.165) is 25.9 Å². The Hall–Kier alpha value is -1.39. The van der Waals surface area contributed by atoms with Crippen molar-refractivity contribution in [2.45, 2.75) is 45.7 Å². The minimum Gasteiger partial charge on any atom is -0.369 e. The minimum atomic E-state index is -0.231. The highest BCUT2D eigenvalue weighted by Crippen LogP contribution is 2.21. The lowest BCUT2D eigenvalue weighted by Gasteiger charge is -2.33. The maximum atomic E-state index is 10.9. The smallest absolute Gasteiger partial charge is 0.231 e. The summed E-state index contributed by atoms with van der Waals surface area (Å²) in [5.74, 6) is -0.231. The number of amides is 1. The Morgan fingerprint density at radius 3 is 2.67 bits per heavy atom. The summed E-state index contributed by atoms with van der Waals surface area (Å²) in [4.78, 5) is 13.1. The molecule has 1 atom stereocenters. The van der Waals surface area contributed by atoms with Gasteiger partial charge in [-0.2, -0.15) is 0 Å². The Bertz CT molecular complexity index is 493. The van der Waals surface area contributed by atoms with E-state index in [4.69, 9.17) is 5.73 Å². The van der Waals surface area contributed by atoms with E-state index in [1.807, 2.05) is 0 Å². The third-order valence-electron chi connectivity index (χ3n) is 4.35. The third kappa shape index (κ3) is 4.55. The summed E-state index contributed by atoms with van der Waals surface area (Å²) in [6, 6.07) is 7.50. The quantitative estimate of drug-likeness (QED) is 0.870. The van der Waals surface area contributed by atoms with Crippen LogP contribution >= 0.6 is 0 Å². The minimum absolute atomic E-state index is 0.231. The van der Waals surface area contributed by atoms with Crippen molar-refractivity contribution in [2.24, 2.45) is 5.73 Å². The molecule has 0 saturated carbocycles. The van der Waals surface area contributed by atoms with Gasteiger partial charge in [0.2, 0.25) is 5.91 Å². The molecule has 3 N–H and O–H groups in total. The monoisotopic (exact) mass is 289 g/mol. The number of nitrogens with two attached hydrogens (primary N) is 1. The average molecular weight is 289 g/mol. The summed E-state index contributed by atoms with van der Waals surface area (Å²) >= 11 is 0. The average Bonchev–Trinajstić information content (AvgIpc) is 2.43. The fourth-order valence-electron chi connectivity index (χ4n) is 3.15. The van der Waals surface area contributed by atoms with Crippen LogP contribution in [0.2, 0.25) is 0 Å². The van der Waals surface area contributed by atoms with Crippen LogP contribution < -0.4 is 11.1 Å². The van der Waals surface area contributed by atoms with Crippen LogP contribution in [0.15, 0.2) is 18.2 Å². The molecule has 0 aliphatic carbocycles. The predicted molar refractivity (Wildman–Crippen MR) is 86.1 cm³/mol. The SMILES string of the molecule is Cc1ccc(C)c(C(C)NC2CCN(CC(N)=O)CC2)c1. The van der Waals surface area contributed by atoms with E-state index < -0.39 is 0 Å². The van der Waals surface area contributed by atoms with Crippen molar-refractivity contribution in [1.29, 1.82) is 0 Å². The number of piperidine rings is 1. The number of aryl methyl sites for hydroxylation is 2. The molecule has 1 aliphatic heterocycles. The Balaban J connectivity index is 1.88. The molecule has 1 heterocycles. The number of primary amides is 1. The molecule has 1 saturated heterocycles. The normalized spacial score (nSPS) is 18.6. The largest absolute Gasteiger partial charge is 0.369 e. The third-order valence-corrected chi connectivity index (χ3v) is 4.35. The molecule has 0 spiro atoms. The van der Waals surface area contributed by atoms with Gasteiger partial charge < -0.3 is 11.1 Å². The Morgan fingerprint density at radius 1 is 1.38 bits per heavy atom. The van der Waals surface area contributed by atoms with Gasteiger partial charge in [0, 0.05) is 25.2 Å².